The fraction of sp³-hybridized carbons (Fsp3) is 0.300. The number of hydrogen-bond acceptors (Lipinski definition) is 4. The first-order chi connectivity index (χ1) is 8.36. The van der Waals surface area contributed by atoms with Crippen LogP contribution in [0.1, 0.15) is 13.3 Å². The highest BCUT2D eigenvalue weighted by Crippen LogP contribution is 2.23. The van der Waals surface area contributed by atoms with Gasteiger partial charge in [0.2, 0.25) is 0 Å². The summed E-state index contributed by atoms with van der Waals surface area (Å²) >= 11 is 3.09. The van der Waals surface area contributed by atoms with Crippen molar-refractivity contribution in [2.24, 2.45) is 0 Å². The van der Waals surface area contributed by atoms with Crippen LogP contribution in [0, 0.1) is 0 Å². The molecule has 100 valence electrons. The predicted octanol–water partition coefficient (Wildman–Crippen LogP) is 1.43. The maximum atomic E-state index is 11.9. The van der Waals surface area contributed by atoms with Crippen LogP contribution < -0.4 is 15.8 Å². The minimum absolute atomic E-state index is 0.0386. The van der Waals surface area contributed by atoms with E-state index < -0.39 is 16.1 Å². The third-order valence-corrected chi connectivity index (χ3v) is 4.32. The van der Waals surface area contributed by atoms with Crippen LogP contribution in [-0.2, 0) is 10.0 Å². The zero-order valence-electron chi connectivity index (χ0n) is 9.73. The van der Waals surface area contributed by atoms with E-state index in [0.717, 1.165) is 6.42 Å². The molecule has 0 saturated heterocycles. The van der Waals surface area contributed by atoms with Crippen molar-refractivity contribution >= 4 is 37.7 Å². The summed E-state index contributed by atoms with van der Waals surface area (Å²) in [5.74, 6) is 0. The van der Waals surface area contributed by atoms with Crippen LogP contribution in [0.3, 0.4) is 0 Å². The van der Waals surface area contributed by atoms with E-state index in [-0.39, 0.29) is 4.90 Å². The van der Waals surface area contributed by atoms with Gasteiger partial charge in [0.15, 0.2) is 0 Å². The first-order valence-electron chi connectivity index (χ1n) is 5.22. The van der Waals surface area contributed by atoms with E-state index in [4.69, 9.17) is 5.73 Å². The number of anilines is 1. The van der Waals surface area contributed by atoms with E-state index in [1.165, 1.54) is 18.2 Å². The van der Waals surface area contributed by atoms with Gasteiger partial charge < -0.3 is 11.1 Å². The molecule has 0 atom stereocenters. The van der Waals surface area contributed by atoms with Gasteiger partial charge in [0, 0.05) is 16.7 Å². The largest absolute Gasteiger partial charge is 0.399 e. The molecular formula is C10H14BrN3O3S. The second-order valence-corrected chi connectivity index (χ2v) is 6.06. The average Bonchev–Trinajstić information content (AvgIpc) is 2.25. The fourth-order valence-corrected chi connectivity index (χ4v) is 3.21. The van der Waals surface area contributed by atoms with Crippen molar-refractivity contribution in [3.63, 3.8) is 0 Å². The van der Waals surface area contributed by atoms with E-state index in [9.17, 15) is 13.2 Å². The molecule has 0 bridgehead atoms. The number of rotatable bonds is 4. The lowest BCUT2D eigenvalue weighted by molar-refractivity contribution is 0.246. The monoisotopic (exact) mass is 335 g/mol. The van der Waals surface area contributed by atoms with Gasteiger partial charge in [-0.15, -0.1) is 0 Å². The lowest BCUT2D eigenvalue weighted by atomic mass is 10.3. The second kappa shape index (κ2) is 6.05. The highest BCUT2D eigenvalue weighted by molar-refractivity contribution is 9.10. The Hall–Kier alpha value is -1.28. The number of carbonyl (C=O) groups excluding carboxylic acids is 1. The van der Waals surface area contributed by atoms with Crippen molar-refractivity contribution in [2.75, 3.05) is 12.3 Å². The molecule has 0 radical (unpaired) electrons. The zero-order valence-corrected chi connectivity index (χ0v) is 12.1. The number of nitrogen functional groups attached to an aromatic ring is 1. The number of urea groups is 1. The van der Waals surface area contributed by atoms with Crippen LogP contribution >= 0.6 is 15.9 Å². The summed E-state index contributed by atoms with van der Waals surface area (Å²) in [5.41, 5.74) is 5.94. The van der Waals surface area contributed by atoms with Crippen molar-refractivity contribution in [1.29, 1.82) is 0 Å². The number of hydrogen-bond donors (Lipinski definition) is 3. The molecule has 0 aliphatic heterocycles. The maximum Gasteiger partial charge on any atom is 0.328 e. The molecule has 1 aromatic rings. The van der Waals surface area contributed by atoms with E-state index in [1.807, 2.05) is 11.6 Å². The van der Waals surface area contributed by atoms with Gasteiger partial charge in [-0.3, -0.25) is 0 Å². The molecule has 0 aromatic heterocycles. The summed E-state index contributed by atoms with van der Waals surface area (Å²) < 4.78 is 26.0. The van der Waals surface area contributed by atoms with Gasteiger partial charge in [-0.25, -0.2) is 17.9 Å². The summed E-state index contributed by atoms with van der Waals surface area (Å²) in [6.07, 6.45) is 0.721. The molecular weight excluding hydrogens is 322 g/mol. The second-order valence-electron chi connectivity index (χ2n) is 3.55. The molecule has 0 saturated carbocycles. The molecule has 0 aliphatic carbocycles. The van der Waals surface area contributed by atoms with Crippen LogP contribution in [0.2, 0.25) is 0 Å². The van der Waals surface area contributed by atoms with Gasteiger partial charge in [0.25, 0.3) is 10.0 Å². The Labute approximate surface area is 114 Å². The van der Waals surface area contributed by atoms with Crippen molar-refractivity contribution in [1.82, 2.24) is 10.0 Å². The summed E-state index contributed by atoms with van der Waals surface area (Å²) in [6, 6.07) is 3.48. The number of sulfonamides is 1. The highest BCUT2D eigenvalue weighted by Gasteiger charge is 2.20. The van der Waals surface area contributed by atoms with E-state index in [2.05, 4.69) is 21.2 Å². The van der Waals surface area contributed by atoms with Crippen LogP contribution in [0.4, 0.5) is 10.5 Å². The summed E-state index contributed by atoms with van der Waals surface area (Å²) in [4.78, 5) is 11.3. The van der Waals surface area contributed by atoms with Gasteiger partial charge in [-0.1, -0.05) is 6.92 Å². The third-order valence-electron chi connectivity index (χ3n) is 2.01. The Kier molecular flexibility index (Phi) is 4.97. The molecule has 1 rings (SSSR count). The molecule has 0 aliphatic rings. The first kappa shape index (κ1) is 14.8. The normalized spacial score (nSPS) is 11.0. The smallest absolute Gasteiger partial charge is 0.328 e. The standard InChI is InChI=1S/C10H14BrN3O3S/c1-2-5-13-10(15)14-18(16,17)9-4-3-7(12)6-8(9)11/h3-4,6H,2,5,12H2,1H3,(H2,13,14,15). The SMILES string of the molecule is CCCNC(=O)NS(=O)(=O)c1ccc(N)cc1Br. The fourth-order valence-electron chi connectivity index (χ4n) is 1.19. The number of halogens is 1. The van der Waals surface area contributed by atoms with Crippen LogP contribution in [0.15, 0.2) is 27.6 Å². The minimum atomic E-state index is -3.90. The van der Waals surface area contributed by atoms with E-state index >= 15 is 0 Å². The lowest BCUT2D eigenvalue weighted by Crippen LogP contribution is -2.39. The van der Waals surface area contributed by atoms with Crippen molar-refractivity contribution in [3.05, 3.63) is 22.7 Å². The Morgan fingerprint density at radius 3 is 2.67 bits per heavy atom. The lowest BCUT2D eigenvalue weighted by Gasteiger charge is -2.09. The number of amides is 2. The molecule has 0 unspecified atom stereocenters. The Balaban J connectivity index is 2.90. The molecule has 0 fully saturated rings. The Morgan fingerprint density at radius 2 is 2.11 bits per heavy atom. The molecule has 4 N–H and O–H groups in total. The van der Waals surface area contributed by atoms with E-state index in [0.29, 0.717) is 16.7 Å². The van der Waals surface area contributed by atoms with Gasteiger partial charge in [0.05, 0.1) is 0 Å². The summed E-state index contributed by atoms with van der Waals surface area (Å²) in [7, 11) is -3.90. The number of benzene rings is 1. The molecule has 6 nitrogen and oxygen atoms in total. The van der Waals surface area contributed by atoms with Crippen molar-refractivity contribution in [3.8, 4) is 0 Å². The Bertz CT molecular complexity index is 545. The molecule has 18 heavy (non-hydrogen) atoms. The first-order valence-corrected chi connectivity index (χ1v) is 7.50. The summed E-state index contributed by atoms with van der Waals surface area (Å²) in [5, 5.41) is 2.42. The maximum absolute atomic E-state index is 11.9. The number of carbonyl (C=O) groups is 1. The van der Waals surface area contributed by atoms with Gasteiger partial charge in [-0.2, -0.15) is 0 Å². The quantitative estimate of drug-likeness (QED) is 0.724. The third kappa shape index (κ3) is 3.88. The van der Waals surface area contributed by atoms with Gasteiger partial charge in [0.1, 0.15) is 4.90 Å². The summed E-state index contributed by atoms with van der Waals surface area (Å²) in [6.45, 7) is 2.27. The number of nitrogens with two attached hydrogens (primary N) is 1. The molecule has 8 heteroatoms. The zero-order chi connectivity index (χ0) is 13.8. The van der Waals surface area contributed by atoms with Gasteiger partial charge >= 0.3 is 6.03 Å². The van der Waals surface area contributed by atoms with Crippen molar-refractivity contribution < 1.29 is 13.2 Å². The number of nitrogens with one attached hydrogen (secondary N) is 2. The highest BCUT2D eigenvalue weighted by atomic mass is 79.9. The molecule has 1 aromatic carbocycles. The van der Waals surface area contributed by atoms with Crippen LogP contribution in [0.5, 0.6) is 0 Å². The van der Waals surface area contributed by atoms with Crippen molar-refractivity contribution in [2.45, 2.75) is 18.2 Å². The predicted molar refractivity (Wildman–Crippen MR) is 72.6 cm³/mol. The minimum Gasteiger partial charge on any atom is -0.399 e. The average molecular weight is 336 g/mol. The Morgan fingerprint density at radius 1 is 1.44 bits per heavy atom. The van der Waals surface area contributed by atoms with Crippen LogP contribution in [-0.4, -0.2) is 21.0 Å². The van der Waals surface area contributed by atoms with Gasteiger partial charge in [-0.05, 0) is 40.5 Å². The molecule has 0 heterocycles. The topological polar surface area (TPSA) is 101 Å². The molecule has 0 spiro atoms. The van der Waals surface area contributed by atoms with E-state index in [1.54, 1.807) is 0 Å². The molecule has 2 amide bonds. The van der Waals surface area contributed by atoms with Crippen LogP contribution in [0.25, 0.3) is 0 Å².